The Balaban J connectivity index is 0. The van der Waals surface area contributed by atoms with Crippen molar-refractivity contribution >= 4 is 36.2 Å². The van der Waals surface area contributed by atoms with Gasteiger partial charge in [-0.2, -0.15) is 0 Å². The second-order valence-electron chi connectivity index (χ2n) is 2.53. The zero-order valence-electron chi connectivity index (χ0n) is 7.13. The van der Waals surface area contributed by atoms with Crippen LogP contribution in [-0.2, 0) is 0 Å². The van der Waals surface area contributed by atoms with Gasteiger partial charge in [0.15, 0.2) is 0 Å². The van der Waals surface area contributed by atoms with Crippen LogP contribution < -0.4 is 11.5 Å². The number of aryl methyl sites for hydroxylation is 2. The van der Waals surface area contributed by atoms with Crippen molar-refractivity contribution in [3.63, 3.8) is 0 Å². The summed E-state index contributed by atoms with van der Waals surface area (Å²) in [4.78, 5) is 0. The van der Waals surface area contributed by atoms with Crippen LogP contribution in [0.4, 0.5) is 11.4 Å². The molecule has 0 bridgehead atoms. The van der Waals surface area contributed by atoms with Crippen molar-refractivity contribution in [3.8, 4) is 0 Å². The summed E-state index contributed by atoms with van der Waals surface area (Å²) in [5.41, 5.74) is 14.8. The lowest BCUT2D eigenvalue weighted by molar-refractivity contribution is 1.40. The number of hydrogen-bond acceptors (Lipinski definition) is 2. The molecule has 4 N–H and O–H groups in total. The average Bonchev–Trinajstić information content (AvgIpc) is 1.93. The Bertz CT molecular complexity index is 234. The van der Waals surface area contributed by atoms with Gasteiger partial charge in [-0.1, -0.05) is 12.1 Å². The lowest BCUT2D eigenvalue weighted by Gasteiger charge is -2.05. The van der Waals surface area contributed by atoms with Crippen molar-refractivity contribution in [1.82, 2.24) is 0 Å². The third-order valence-corrected chi connectivity index (χ3v) is 1.72. The molecule has 0 atom stereocenters. The van der Waals surface area contributed by atoms with Gasteiger partial charge in [-0.25, -0.2) is 0 Å². The Hall–Kier alpha value is -0.600. The van der Waals surface area contributed by atoms with E-state index >= 15 is 0 Å². The van der Waals surface area contributed by atoms with E-state index in [0.29, 0.717) is 11.4 Å². The molecule has 4 heteroatoms. The Morgan fingerprint density at radius 2 is 1.08 bits per heavy atom. The first-order valence-electron chi connectivity index (χ1n) is 3.24. The molecular weight excluding hydrogens is 195 g/mol. The molecule has 0 unspecified atom stereocenters. The molecular formula is C8H14Cl2N2. The largest absolute Gasteiger partial charge is 0.397 e. The van der Waals surface area contributed by atoms with E-state index in [2.05, 4.69) is 0 Å². The number of anilines is 2. The van der Waals surface area contributed by atoms with Crippen molar-refractivity contribution in [1.29, 1.82) is 0 Å². The first kappa shape index (κ1) is 14.0. The van der Waals surface area contributed by atoms with E-state index in [1.54, 1.807) is 0 Å². The van der Waals surface area contributed by atoms with Crippen LogP contribution in [0.15, 0.2) is 12.1 Å². The minimum absolute atomic E-state index is 0. The lowest BCUT2D eigenvalue weighted by Crippen LogP contribution is -1.98. The molecule has 0 radical (unpaired) electrons. The van der Waals surface area contributed by atoms with E-state index in [9.17, 15) is 0 Å². The first-order chi connectivity index (χ1) is 4.63. The number of benzene rings is 1. The number of hydrogen-bond donors (Lipinski definition) is 2. The van der Waals surface area contributed by atoms with Crippen LogP contribution in [0.5, 0.6) is 0 Å². The molecule has 0 aliphatic heterocycles. The summed E-state index contributed by atoms with van der Waals surface area (Å²) in [6.45, 7) is 3.90. The number of halogens is 2. The molecule has 0 fully saturated rings. The van der Waals surface area contributed by atoms with Crippen LogP contribution in [0.3, 0.4) is 0 Å². The van der Waals surface area contributed by atoms with Crippen molar-refractivity contribution in [2.45, 2.75) is 13.8 Å². The quantitative estimate of drug-likeness (QED) is 0.644. The van der Waals surface area contributed by atoms with Gasteiger partial charge in [-0.05, 0) is 25.0 Å². The molecule has 0 spiro atoms. The zero-order valence-corrected chi connectivity index (χ0v) is 8.76. The fourth-order valence-electron chi connectivity index (χ4n) is 0.854. The van der Waals surface area contributed by atoms with E-state index in [1.807, 2.05) is 26.0 Å². The van der Waals surface area contributed by atoms with E-state index < -0.39 is 0 Å². The normalized spacial score (nSPS) is 8.17. The van der Waals surface area contributed by atoms with Crippen molar-refractivity contribution in [2.24, 2.45) is 0 Å². The maximum Gasteiger partial charge on any atom is 0.0580 e. The molecule has 0 aliphatic rings. The number of rotatable bonds is 0. The molecule has 0 amide bonds. The zero-order chi connectivity index (χ0) is 7.72. The predicted octanol–water partition coefficient (Wildman–Crippen LogP) is 2.31. The van der Waals surface area contributed by atoms with Gasteiger partial charge in [0, 0.05) is 0 Å². The standard InChI is InChI=1S/C8H12N2.2ClH/c1-5-3-4-6(2)8(10)7(5)9;;/h3-4H,9-10H2,1-2H3;2*1H. The molecule has 1 rings (SSSR count). The van der Waals surface area contributed by atoms with Gasteiger partial charge in [-0.3, -0.25) is 0 Å². The average molecular weight is 209 g/mol. The Morgan fingerprint density at radius 3 is 1.33 bits per heavy atom. The van der Waals surface area contributed by atoms with Crippen LogP contribution in [0.25, 0.3) is 0 Å². The van der Waals surface area contributed by atoms with Crippen LogP contribution in [0.2, 0.25) is 0 Å². The molecule has 0 aromatic heterocycles. The van der Waals surface area contributed by atoms with Gasteiger partial charge in [0.1, 0.15) is 0 Å². The van der Waals surface area contributed by atoms with Crippen molar-refractivity contribution < 1.29 is 0 Å². The third-order valence-electron chi connectivity index (χ3n) is 1.72. The SMILES string of the molecule is Cc1ccc(C)c(N)c1N.Cl.Cl. The topological polar surface area (TPSA) is 52.0 Å². The molecule has 0 heterocycles. The van der Waals surface area contributed by atoms with E-state index in [4.69, 9.17) is 11.5 Å². The summed E-state index contributed by atoms with van der Waals surface area (Å²) in [5, 5.41) is 0. The highest BCUT2D eigenvalue weighted by molar-refractivity contribution is 5.85. The molecule has 1 aromatic carbocycles. The Labute approximate surface area is 85.1 Å². The van der Waals surface area contributed by atoms with Crippen molar-refractivity contribution in [2.75, 3.05) is 11.5 Å². The summed E-state index contributed by atoms with van der Waals surface area (Å²) in [7, 11) is 0. The predicted molar refractivity (Wildman–Crippen MR) is 59.2 cm³/mol. The molecule has 0 aliphatic carbocycles. The molecule has 12 heavy (non-hydrogen) atoms. The van der Waals surface area contributed by atoms with Gasteiger partial charge in [0.05, 0.1) is 11.4 Å². The molecule has 2 nitrogen and oxygen atoms in total. The maximum absolute atomic E-state index is 5.66. The first-order valence-corrected chi connectivity index (χ1v) is 3.24. The minimum atomic E-state index is 0. The van der Waals surface area contributed by atoms with E-state index in [1.165, 1.54) is 0 Å². The highest BCUT2D eigenvalue weighted by Gasteiger charge is 1.99. The second kappa shape index (κ2) is 5.12. The minimum Gasteiger partial charge on any atom is -0.397 e. The summed E-state index contributed by atoms with van der Waals surface area (Å²) in [6.07, 6.45) is 0. The van der Waals surface area contributed by atoms with Gasteiger partial charge < -0.3 is 11.5 Å². The summed E-state index contributed by atoms with van der Waals surface area (Å²) < 4.78 is 0. The number of nitrogens with two attached hydrogens (primary N) is 2. The third kappa shape index (κ3) is 2.47. The van der Waals surface area contributed by atoms with E-state index in [-0.39, 0.29) is 24.8 Å². The molecule has 70 valence electrons. The Kier molecular flexibility index (Phi) is 5.95. The fourth-order valence-corrected chi connectivity index (χ4v) is 0.854. The van der Waals surface area contributed by atoms with E-state index in [0.717, 1.165) is 11.1 Å². The lowest BCUT2D eigenvalue weighted by atomic mass is 10.1. The smallest absolute Gasteiger partial charge is 0.0580 e. The molecule has 1 aromatic rings. The van der Waals surface area contributed by atoms with Crippen molar-refractivity contribution in [3.05, 3.63) is 23.3 Å². The fraction of sp³-hybridized carbons (Fsp3) is 0.250. The van der Waals surface area contributed by atoms with Crippen LogP contribution >= 0.6 is 24.8 Å². The summed E-state index contributed by atoms with van der Waals surface area (Å²) >= 11 is 0. The monoisotopic (exact) mass is 208 g/mol. The van der Waals surface area contributed by atoms with Gasteiger partial charge in [0.25, 0.3) is 0 Å². The molecule has 0 saturated heterocycles. The van der Waals surface area contributed by atoms with Gasteiger partial charge in [-0.15, -0.1) is 24.8 Å². The number of nitrogen functional groups attached to an aromatic ring is 2. The summed E-state index contributed by atoms with van der Waals surface area (Å²) in [5.74, 6) is 0. The van der Waals surface area contributed by atoms with Gasteiger partial charge in [0.2, 0.25) is 0 Å². The van der Waals surface area contributed by atoms with Crippen LogP contribution in [0.1, 0.15) is 11.1 Å². The van der Waals surface area contributed by atoms with Crippen LogP contribution in [-0.4, -0.2) is 0 Å². The Morgan fingerprint density at radius 1 is 0.833 bits per heavy atom. The molecule has 0 saturated carbocycles. The maximum atomic E-state index is 5.66. The van der Waals surface area contributed by atoms with Crippen LogP contribution in [0, 0.1) is 13.8 Å². The highest BCUT2D eigenvalue weighted by Crippen LogP contribution is 2.22. The summed E-state index contributed by atoms with van der Waals surface area (Å²) in [6, 6.07) is 3.95. The van der Waals surface area contributed by atoms with Gasteiger partial charge >= 0.3 is 0 Å². The highest BCUT2D eigenvalue weighted by atomic mass is 35.5. The second-order valence-corrected chi connectivity index (χ2v) is 2.53.